The first kappa shape index (κ1) is 13.6. The fourth-order valence-electron chi connectivity index (χ4n) is 2.22. The van der Waals surface area contributed by atoms with Crippen molar-refractivity contribution < 1.29 is 14.0 Å². The van der Waals surface area contributed by atoms with Crippen LogP contribution in [0, 0.1) is 6.92 Å². The molecule has 1 aliphatic heterocycles. The summed E-state index contributed by atoms with van der Waals surface area (Å²) in [5.41, 5.74) is 0. The van der Waals surface area contributed by atoms with Crippen molar-refractivity contribution in [2.24, 2.45) is 0 Å². The highest BCUT2D eigenvalue weighted by Gasteiger charge is 2.33. The van der Waals surface area contributed by atoms with E-state index in [0.717, 1.165) is 0 Å². The summed E-state index contributed by atoms with van der Waals surface area (Å²) in [6.45, 7) is 5.95. The Hall–Kier alpha value is -1.85. The number of nitrogens with zero attached hydrogens (tertiary/aromatic N) is 2. The van der Waals surface area contributed by atoms with Gasteiger partial charge in [0.05, 0.1) is 6.20 Å². The fraction of sp³-hybridized carbons (Fsp3) is 0.615. The highest BCUT2D eigenvalue weighted by atomic mass is 16.4. The summed E-state index contributed by atoms with van der Waals surface area (Å²) in [5.74, 6) is 1.07. The Morgan fingerprint density at radius 1 is 1.58 bits per heavy atom. The van der Waals surface area contributed by atoms with Crippen LogP contribution >= 0.6 is 0 Å². The SMILES string of the molecule is CCC1NC(=O)CCN(C(C)c2ncc(C)o2)C1=O. The summed E-state index contributed by atoms with van der Waals surface area (Å²) in [7, 11) is 0. The number of amides is 2. The summed E-state index contributed by atoms with van der Waals surface area (Å²) in [6.07, 6.45) is 2.53. The van der Waals surface area contributed by atoms with E-state index >= 15 is 0 Å². The minimum Gasteiger partial charge on any atom is -0.444 e. The van der Waals surface area contributed by atoms with Gasteiger partial charge >= 0.3 is 0 Å². The Morgan fingerprint density at radius 3 is 2.89 bits per heavy atom. The van der Waals surface area contributed by atoms with Crippen LogP contribution in [0.5, 0.6) is 0 Å². The van der Waals surface area contributed by atoms with Gasteiger partial charge in [-0.2, -0.15) is 0 Å². The van der Waals surface area contributed by atoms with E-state index in [1.165, 1.54) is 0 Å². The molecular weight excluding hydrogens is 246 g/mol. The first-order valence-electron chi connectivity index (χ1n) is 6.55. The van der Waals surface area contributed by atoms with Crippen molar-refractivity contribution in [2.45, 2.75) is 45.7 Å². The largest absolute Gasteiger partial charge is 0.444 e. The van der Waals surface area contributed by atoms with Crippen LogP contribution in [0.1, 0.15) is 44.4 Å². The van der Waals surface area contributed by atoms with Gasteiger partial charge in [-0.15, -0.1) is 0 Å². The van der Waals surface area contributed by atoms with Crippen LogP contribution in [0.3, 0.4) is 0 Å². The smallest absolute Gasteiger partial charge is 0.245 e. The number of oxazole rings is 1. The van der Waals surface area contributed by atoms with Crippen LogP contribution in [0.4, 0.5) is 0 Å². The Balaban J connectivity index is 2.21. The highest BCUT2D eigenvalue weighted by molar-refractivity contribution is 5.90. The second kappa shape index (κ2) is 5.42. The summed E-state index contributed by atoms with van der Waals surface area (Å²) >= 11 is 0. The van der Waals surface area contributed by atoms with Crippen LogP contribution < -0.4 is 5.32 Å². The monoisotopic (exact) mass is 265 g/mol. The third-order valence-electron chi connectivity index (χ3n) is 3.37. The molecule has 2 rings (SSSR count). The van der Waals surface area contributed by atoms with Crippen LogP contribution in [0.25, 0.3) is 0 Å². The zero-order chi connectivity index (χ0) is 14.0. The lowest BCUT2D eigenvalue weighted by atomic mass is 10.1. The zero-order valence-corrected chi connectivity index (χ0v) is 11.5. The van der Waals surface area contributed by atoms with Gasteiger partial charge in [0.1, 0.15) is 17.8 Å². The fourth-order valence-corrected chi connectivity index (χ4v) is 2.22. The summed E-state index contributed by atoms with van der Waals surface area (Å²) in [5, 5.41) is 2.74. The van der Waals surface area contributed by atoms with Gasteiger partial charge in [-0.1, -0.05) is 6.92 Å². The molecule has 1 N–H and O–H groups in total. The Bertz CT molecular complexity index is 483. The maximum absolute atomic E-state index is 12.4. The standard InChI is InChI=1S/C13H19N3O3/c1-4-10-13(18)16(6-5-11(17)15-10)9(3)12-14-7-8(2)19-12/h7,9-10H,4-6H2,1-3H3,(H,15,17). The van der Waals surface area contributed by atoms with Gasteiger partial charge in [0.15, 0.2) is 0 Å². The number of hydrogen-bond acceptors (Lipinski definition) is 4. The van der Waals surface area contributed by atoms with Gasteiger partial charge in [-0.05, 0) is 20.3 Å². The number of carbonyl (C=O) groups is 2. The van der Waals surface area contributed by atoms with Gasteiger partial charge in [0, 0.05) is 13.0 Å². The van der Waals surface area contributed by atoms with Crippen molar-refractivity contribution >= 4 is 11.8 Å². The zero-order valence-electron chi connectivity index (χ0n) is 11.5. The van der Waals surface area contributed by atoms with Gasteiger partial charge in [-0.3, -0.25) is 9.59 Å². The molecule has 2 amide bonds. The molecule has 0 aliphatic carbocycles. The highest BCUT2D eigenvalue weighted by Crippen LogP contribution is 2.22. The molecule has 6 heteroatoms. The molecule has 0 aromatic carbocycles. The first-order chi connectivity index (χ1) is 9.02. The number of aromatic nitrogens is 1. The molecule has 0 saturated carbocycles. The Kier molecular flexibility index (Phi) is 3.87. The number of hydrogen-bond donors (Lipinski definition) is 1. The van der Waals surface area contributed by atoms with E-state index in [2.05, 4.69) is 10.3 Å². The minimum atomic E-state index is -0.450. The van der Waals surface area contributed by atoms with Crippen LogP contribution in [-0.4, -0.2) is 34.3 Å². The van der Waals surface area contributed by atoms with Gasteiger partial charge in [0.2, 0.25) is 17.7 Å². The van der Waals surface area contributed by atoms with E-state index in [1.54, 1.807) is 11.1 Å². The summed E-state index contributed by atoms with van der Waals surface area (Å²) in [4.78, 5) is 29.8. The van der Waals surface area contributed by atoms with Crippen molar-refractivity contribution in [3.8, 4) is 0 Å². The normalized spacial score (nSPS) is 22.1. The summed E-state index contributed by atoms with van der Waals surface area (Å²) < 4.78 is 5.47. The van der Waals surface area contributed by atoms with Crippen molar-refractivity contribution in [3.05, 3.63) is 17.8 Å². The maximum atomic E-state index is 12.4. The Morgan fingerprint density at radius 2 is 2.32 bits per heavy atom. The maximum Gasteiger partial charge on any atom is 0.245 e. The Labute approximate surface area is 112 Å². The van der Waals surface area contributed by atoms with E-state index in [0.29, 0.717) is 31.0 Å². The lowest BCUT2D eigenvalue weighted by Crippen LogP contribution is -2.45. The van der Waals surface area contributed by atoms with Crippen molar-refractivity contribution in [1.82, 2.24) is 15.2 Å². The number of carbonyl (C=O) groups excluding carboxylic acids is 2. The molecule has 1 aromatic heterocycles. The van der Waals surface area contributed by atoms with Gasteiger partial charge < -0.3 is 14.6 Å². The molecule has 6 nitrogen and oxygen atoms in total. The average Bonchev–Trinajstić information content (AvgIpc) is 2.76. The average molecular weight is 265 g/mol. The molecule has 0 spiro atoms. The second-order valence-electron chi connectivity index (χ2n) is 4.80. The molecular formula is C13H19N3O3. The molecule has 1 saturated heterocycles. The number of aryl methyl sites for hydroxylation is 1. The molecule has 2 heterocycles. The molecule has 19 heavy (non-hydrogen) atoms. The molecule has 1 aliphatic rings. The number of rotatable bonds is 3. The predicted octanol–water partition coefficient (Wildman–Crippen LogP) is 1.17. The van der Waals surface area contributed by atoms with E-state index in [-0.39, 0.29) is 17.9 Å². The summed E-state index contributed by atoms with van der Waals surface area (Å²) in [6, 6.07) is -0.712. The van der Waals surface area contributed by atoms with E-state index in [4.69, 9.17) is 4.42 Å². The third kappa shape index (κ3) is 2.77. The van der Waals surface area contributed by atoms with E-state index in [1.807, 2.05) is 20.8 Å². The van der Waals surface area contributed by atoms with Crippen molar-refractivity contribution in [1.29, 1.82) is 0 Å². The molecule has 2 unspecified atom stereocenters. The quantitative estimate of drug-likeness (QED) is 0.890. The second-order valence-corrected chi connectivity index (χ2v) is 4.80. The van der Waals surface area contributed by atoms with Crippen molar-refractivity contribution in [2.75, 3.05) is 6.54 Å². The topological polar surface area (TPSA) is 75.4 Å². The minimum absolute atomic E-state index is 0.0725. The van der Waals surface area contributed by atoms with Crippen LogP contribution in [-0.2, 0) is 9.59 Å². The van der Waals surface area contributed by atoms with Gasteiger partial charge in [0.25, 0.3) is 0 Å². The molecule has 1 aromatic rings. The molecule has 104 valence electrons. The van der Waals surface area contributed by atoms with E-state index in [9.17, 15) is 9.59 Å². The van der Waals surface area contributed by atoms with Crippen LogP contribution in [0.15, 0.2) is 10.6 Å². The molecule has 1 fully saturated rings. The predicted molar refractivity (Wildman–Crippen MR) is 68.2 cm³/mol. The third-order valence-corrected chi connectivity index (χ3v) is 3.37. The van der Waals surface area contributed by atoms with Gasteiger partial charge in [-0.25, -0.2) is 4.98 Å². The molecule has 2 atom stereocenters. The van der Waals surface area contributed by atoms with Crippen LogP contribution in [0.2, 0.25) is 0 Å². The lowest BCUT2D eigenvalue weighted by molar-refractivity contribution is -0.135. The first-order valence-corrected chi connectivity index (χ1v) is 6.55. The van der Waals surface area contributed by atoms with Crippen molar-refractivity contribution in [3.63, 3.8) is 0 Å². The van der Waals surface area contributed by atoms with E-state index < -0.39 is 6.04 Å². The molecule has 0 radical (unpaired) electrons. The molecule has 0 bridgehead atoms. The number of nitrogens with one attached hydrogen (secondary N) is 1. The lowest BCUT2D eigenvalue weighted by Gasteiger charge is -2.27.